The fourth-order valence-corrected chi connectivity index (χ4v) is 2.80. The van der Waals surface area contributed by atoms with Crippen LogP contribution in [0.3, 0.4) is 0 Å². The third kappa shape index (κ3) is 3.64. The molecule has 2 rings (SSSR count). The Hall–Kier alpha value is -0.680. The third-order valence-corrected chi connectivity index (χ3v) is 3.80. The fraction of sp³-hybridized carbons (Fsp3) is 0.500. The molecule has 17 heavy (non-hydrogen) atoms. The first-order chi connectivity index (χ1) is 8.05. The summed E-state index contributed by atoms with van der Waals surface area (Å²) in [6.45, 7) is 0. The zero-order valence-electron chi connectivity index (χ0n) is 9.26. The molecule has 0 spiro atoms. The highest BCUT2D eigenvalue weighted by Crippen LogP contribution is 2.31. The van der Waals surface area contributed by atoms with Crippen molar-refractivity contribution in [2.75, 3.05) is 0 Å². The van der Waals surface area contributed by atoms with Crippen LogP contribution in [0.15, 0.2) is 29.2 Å². The van der Waals surface area contributed by atoms with E-state index in [-0.39, 0.29) is 0 Å². The van der Waals surface area contributed by atoms with Gasteiger partial charge in [-0.3, -0.25) is 4.72 Å². The van der Waals surface area contributed by atoms with Gasteiger partial charge in [-0.2, -0.15) is 13.2 Å². The molecule has 1 aromatic carbocycles. The molecule has 94 valence electrons. The second kappa shape index (κ2) is 5.31. The van der Waals surface area contributed by atoms with Gasteiger partial charge in [-0.25, -0.2) is 0 Å². The highest BCUT2D eigenvalue weighted by atomic mass is 32.2. The van der Waals surface area contributed by atoms with Crippen molar-refractivity contribution in [2.45, 2.75) is 42.8 Å². The van der Waals surface area contributed by atoms with Crippen LogP contribution in [0, 0.1) is 0 Å². The third-order valence-electron chi connectivity index (χ3n) is 2.86. The van der Waals surface area contributed by atoms with Crippen LogP contribution >= 0.6 is 11.9 Å². The van der Waals surface area contributed by atoms with E-state index in [1.807, 2.05) is 0 Å². The number of halogens is 3. The van der Waals surface area contributed by atoms with E-state index in [9.17, 15) is 13.2 Å². The molecule has 1 aromatic rings. The maximum Gasteiger partial charge on any atom is 0.416 e. The summed E-state index contributed by atoms with van der Waals surface area (Å²) in [4.78, 5) is 0.617. The minimum absolute atomic E-state index is 0.439. The zero-order chi connectivity index (χ0) is 12.3. The molecule has 0 unspecified atom stereocenters. The van der Waals surface area contributed by atoms with Crippen molar-refractivity contribution in [3.8, 4) is 0 Å². The monoisotopic (exact) mass is 261 g/mol. The van der Waals surface area contributed by atoms with Crippen LogP contribution in [0.2, 0.25) is 0 Å². The molecule has 0 aliphatic heterocycles. The van der Waals surface area contributed by atoms with Gasteiger partial charge in [0.15, 0.2) is 0 Å². The van der Waals surface area contributed by atoms with E-state index in [0.717, 1.165) is 18.9 Å². The molecule has 1 fully saturated rings. The van der Waals surface area contributed by atoms with Gasteiger partial charge >= 0.3 is 6.18 Å². The molecule has 0 heterocycles. The van der Waals surface area contributed by atoms with Gasteiger partial charge in [0.1, 0.15) is 0 Å². The summed E-state index contributed by atoms with van der Waals surface area (Å²) in [6.07, 6.45) is 0.392. The van der Waals surface area contributed by atoms with Crippen LogP contribution in [-0.2, 0) is 6.18 Å². The maximum absolute atomic E-state index is 12.5. The summed E-state index contributed by atoms with van der Waals surface area (Å²) >= 11 is 1.30. The molecule has 0 radical (unpaired) electrons. The normalized spacial score (nSPS) is 17.6. The Morgan fingerprint density at radius 1 is 1.18 bits per heavy atom. The van der Waals surface area contributed by atoms with Crippen molar-refractivity contribution in [1.82, 2.24) is 4.72 Å². The van der Waals surface area contributed by atoms with Crippen LogP contribution in [0.1, 0.15) is 31.2 Å². The molecular weight excluding hydrogens is 247 g/mol. The van der Waals surface area contributed by atoms with Crippen LogP contribution < -0.4 is 4.72 Å². The summed E-state index contributed by atoms with van der Waals surface area (Å²) in [5, 5.41) is 0. The summed E-state index contributed by atoms with van der Waals surface area (Å²) in [6, 6.07) is 5.87. The topological polar surface area (TPSA) is 12.0 Å². The fourth-order valence-electron chi connectivity index (χ4n) is 1.93. The highest BCUT2D eigenvalue weighted by Gasteiger charge is 2.30. The Bertz CT molecular complexity index is 372. The molecule has 1 aliphatic carbocycles. The van der Waals surface area contributed by atoms with Crippen molar-refractivity contribution < 1.29 is 13.2 Å². The lowest BCUT2D eigenvalue weighted by atomic mass is 10.2. The second-order valence-corrected chi connectivity index (χ2v) is 5.14. The molecule has 0 atom stereocenters. The standard InChI is InChI=1S/C12H14F3NS/c13-12(14,15)9-4-3-7-11(8-9)17-16-10-5-1-2-6-10/h3-4,7-8,10,16H,1-2,5-6H2. The van der Waals surface area contributed by atoms with E-state index in [2.05, 4.69) is 4.72 Å². The molecule has 0 saturated heterocycles. The van der Waals surface area contributed by atoms with Crippen molar-refractivity contribution in [3.63, 3.8) is 0 Å². The molecule has 1 nitrogen and oxygen atoms in total. The van der Waals surface area contributed by atoms with Crippen LogP contribution in [0.25, 0.3) is 0 Å². The molecule has 1 N–H and O–H groups in total. The summed E-state index contributed by atoms with van der Waals surface area (Å²) in [7, 11) is 0. The van der Waals surface area contributed by atoms with Gasteiger partial charge in [0.2, 0.25) is 0 Å². The van der Waals surface area contributed by atoms with Crippen LogP contribution in [0.4, 0.5) is 13.2 Å². The molecule has 5 heteroatoms. The molecular formula is C12H14F3NS. The van der Waals surface area contributed by atoms with E-state index >= 15 is 0 Å². The largest absolute Gasteiger partial charge is 0.416 e. The highest BCUT2D eigenvalue weighted by molar-refractivity contribution is 7.97. The first kappa shape index (κ1) is 12.8. The Kier molecular flexibility index (Phi) is 3.99. The average Bonchev–Trinajstić information content (AvgIpc) is 2.78. The lowest BCUT2D eigenvalue weighted by Gasteiger charge is -2.12. The Balaban J connectivity index is 1.96. The van der Waals surface area contributed by atoms with E-state index in [4.69, 9.17) is 0 Å². The predicted octanol–water partition coefficient (Wildman–Crippen LogP) is 4.24. The van der Waals surface area contributed by atoms with Crippen LogP contribution in [0.5, 0.6) is 0 Å². The Morgan fingerprint density at radius 2 is 1.88 bits per heavy atom. The second-order valence-electron chi connectivity index (χ2n) is 4.23. The van der Waals surface area contributed by atoms with Crippen molar-refractivity contribution >= 4 is 11.9 Å². The lowest BCUT2D eigenvalue weighted by Crippen LogP contribution is -2.18. The number of benzene rings is 1. The number of hydrogen-bond donors (Lipinski definition) is 1. The number of nitrogens with one attached hydrogen (secondary N) is 1. The van der Waals surface area contributed by atoms with E-state index < -0.39 is 11.7 Å². The minimum atomic E-state index is -4.26. The number of hydrogen-bond acceptors (Lipinski definition) is 2. The van der Waals surface area contributed by atoms with Gasteiger partial charge in [0, 0.05) is 10.9 Å². The number of rotatable bonds is 3. The summed E-state index contributed by atoms with van der Waals surface area (Å²) in [5.74, 6) is 0. The average molecular weight is 261 g/mol. The van der Waals surface area contributed by atoms with Gasteiger partial charge in [0.25, 0.3) is 0 Å². The molecule has 1 saturated carbocycles. The zero-order valence-corrected chi connectivity index (χ0v) is 10.1. The van der Waals surface area contributed by atoms with Gasteiger partial charge < -0.3 is 0 Å². The Labute approximate surface area is 103 Å². The van der Waals surface area contributed by atoms with Crippen molar-refractivity contribution in [1.29, 1.82) is 0 Å². The predicted molar refractivity (Wildman–Crippen MR) is 62.7 cm³/mol. The molecule has 0 bridgehead atoms. The quantitative estimate of drug-likeness (QED) is 0.816. The Morgan fingerprint density at radius 3 is 2.53 bits per heavy atom. The van der Waals surface area contributed by atoms with Gasteiger partial charge in [-0.05, 0) is 43.0 Å². The number of alkyl halides is 3. The van der Waals surface area contributed by atoms with Gasteiger partial charge in [-0.15, -0.1) is 0 Å². The smallest absolute Gasteiger partial charge is 0.257 e. The molecule has 0 aromatic heterocycles. The van der Waals surface area contributed by atoms with Gasteiger partial charge in [0.05, 0.1) is 5.56 Å². The maximum atomic E-state index is 12.5. The minimum Gasteiger partial charge on any atom is -0.257 e. The lowest BCUT2D eigenvalue weighted by molar-refractivity contribution is -0.137. The van der Waals surface area contributed by atoms with E-state index in [1.54, 1.807) is 6.07 Å². The van der Waals surface area contributed by atoms with Crippen molar-refractivity contribution in [2.24, 2.45) is 0 Å². The molecule has 1 aliphatic rings. The summed E-state index contributed by atoms with van der Waals surface area (Å²) < 4.78 is 40.7. The van der Waals surface area contributed by atoms with E-state index in [0.29, 0.717) is 10.9 Å². The van der Waals surface area contributed by atoms with Crippen LogP contribution in [-0.4, -0.2) is 6.04 Å². The van der Waals surface area contributed by atoms with Crippen molar-refractivity contribution in [3.05, 3.63) is 29.8 Å². The first-order valence-electron chi connectivity index (χ1n) is 5.65. The van der Waals surface area contributed by atoms with Gasteiger partial charge in [-0.1, -0.05) is 18.9 Å². The van der Waals surface area contributed by atoms with E-state index in [1.165, 1.54) is 36.9 Å². The first-order valence-corrected chi connectivity index (χ1v) is 6.47. The SMILES string of the molecule is FC(F)(F)c1cccc(SNC2CCCC2)c1. The summed E-state index contributed by atoms with van der Waals surface area (Å²) in [5.41, 5.74) is -0.587. The molecule has 0 amide bonds.